The van der Waals surface area contributed by atoms with Crippen LogP contribution in [0.5, 0.6) is 0 Å². The molecule has 11 atom stereocenters. The fourth-order valence-electron chi connectivity index (χ4n) is 10.1. The van der Waals surface area contributed by atoms with E-state index < -0.39 is 101 Å². The van der Waals surface area contributed by atoms with E-state index in [2.05, 4.69) is 5.32 Å². The number of ketones is 1. The molecule has 1 aliphatic heterocycles. The first-order valence-corrected chi connectivity index (χ1v) is 19.3. The van der Waals surface area contributed by atoms with E-state index in [-0.39, 0.29) is 42.3 Å². The Morgan fingerprint density at radius 1 is 1.04 bits per heavy atom. The maximum absolute atomic E-state index is 14.7. The summed E-state index contributed by atoms with van der Waals surface area (Å²) in [5, 5.41) is 63.4. The van der Waals surface area contributed by atoms with E-state index in [4.69, 9.17) is 18.9 Å². The van der Waals surface area contributed by atoms with Crippen LogP contribution >= 0.6 is 0 Å². The quantitative estimate of drug-likeness (QED) is 0.121. The van der Waals surface area contributed by atoms with Gasteiger partial charge >= 0.3 is 18.0 Å². The molecule has 4 aliphatic carbocycles. The fourth-order valence-corrected chi connectivity index (χ4v) is 10.1. The molecule has 302 valence electrons. The van der Waals surface area contributed by atoms with Crippen LogP contribution in [0.25, 0.3) is 0 Å². The Bertz CT molecular complexity index is 1700. The van der Waals surface area contributed by atoms with Gasteiger partial charge in [0.05, 0.1) is 35.8 Å². The number of Topliss-reactive ketones (excluding diaryl/α,β-unsaturated/α-hetero) is 1. The van der Waals surface area contributed by atoms with Crippen LogP contribution in [0.1, 0.15) is 89.9 Å². The number of amides is 1. The number of benzene rings is 1. The summed E-state index contributed by atoms with van der Waals surface area (Å²) in [5.41, 5.74) is -7.37. The molecule has 4 fully saturated rings. The normalized spacial score (nSPS) is 36.9. The van der Waals surface area contributed by atoms with Gasteiger partial charge in [0.2, 0.25) is 0 Å². The third-order valence-electron chi connectivity index (χ3n) is 13.4. The van der Waals surface area contributed by atoms with Gasteiger partial charge in [-0.15, -0.1) is 0 Å². The number of alkyl carbamates (subject to hydrolysis) is 1. The van der Waals surface area contributed by atoms with E-state index in [1.54, 1.807) is 58.0 Å². The van der Waals surface area contributed by atoms with Crippen LogP contribution in [0, 0.1) is 22.7 Å². The zero-order chi connectivity index (χ0) is 40.1. The first-order chi connectivity index (χ1) is 25.9. The highest BCUT2D eigenvalue weighted by Gasteiger charge is 2.76. The number of allylic oxidation sites excluding steroid dienone is 1. The largest absolute Gasteiger partial charge is 0.456 e. The third kappa shape index (κ3) is 6.82. The molecular formula is C41H55NO13. The number of aliphatic hydroxyl groups is 5. The molecule has 0 radical (unpaired) electrons. The van der Waals surface area contributed by atoms with Crippen molar-refractivity contribution in [1.82, 2.24) is 5.32 Å². The first kappa shape index (κ1) is 41.0. The second kappa shape index (κ2) is 15.4. The zero-order valence-electron chi connectivity index (χ0n) is 32.1. The van der Waals surface area contributed by atoms with Crippen LogP contribution in [-0.4, -0.2) is 116 Å². The van der Waals surface area contributed by atoms with Crippen molar-refractivity contribution in [2.24, 2.45) is 22.7 Å². The Morgan fingerprint density at radius 2 is 1.71 bits per heavy atom. The van der Waals surface area contributed by atoms with E-state index in [1.807, 2.05) is 0 Å². The maximum atomic E-state index is 14.7. The van der Waals surface area contributed by atoms with Crippen LogP contribution in [0.3, 0.4) is 0 Å². The highest BCUT2D eigenvalue weighted by molar-refractivity contribution is 5.94. The minimum atomic E-state index is -2.28. The minimum Gasteiger partial charge on any atom is -0.456 e. The van der Waals surface area contributed by atoms with E-state index >= 15 is 0 Å². The smallest absolute Gasteiger partial charge is 0.407 e. The van der Waals surface area contributed by atoms with Crippen molar-refractivity contribution in [2.75, 3.05) is 13.2 Å². The molecule has 1 heterocycles. The molecule has 14 heteroatoms. The molecule has 0 aromatic heterocycles. The van der Waals surface area contributed by atoms with Crippen LogP contribution < -0.4 is 5.32 Å². The summed E-state index contributed by atoms with van der Waals surface area (Å²) in [5.74, 6) is -4.67. The number of hydrogen-bond donors (Lipinski definition) is 6. The predicted octanol–water partition coefficient (Wildman–Crippen LogP) is 2.67. The molecule has 1 aromatic rings. The monoisotopic (exact) mass is 769 g/mol. The number of carbonyl (C=O) groups excluding carboxylic acids is 4. The number of fused-ring (bicyclic) bond motifs is 5. The molecule has 14 nitrogen and oxygen atoms in total. The average molecular weight is 770 g/mol. The highest BCUT2D eigenvalue weighted by Crippen LogP contribution is 2.63. The number of ether oxygens (including phenoxy) is 4. The van der Waals surface area contributed by atoms with Gasteiger partial charge < -0.3 is 49.8 Å². The van der Waals surface area contributed by atoms with Gasteiger partial charge in [0.1, 0.15) is 36.1 Å². The van der Waals surface area contributed by atoms with Crippen molar-refractivity contribution < 1.29 is 63.7 Å². The molecule has 6 rings (SSSR count). The summed E-state index contributed by atoms with van der Waals surface area (Å²) < 4.78 is 23.1. The van der Waals surface area contributed by atoms with Crippen molar-refractivity contribution in [3.8, 4) is 0 Å². The molecule has 6 N–H and O–H groups in total. The highest BCUT2D eigenvalue weighted by atomic mass is 16.6. The van der Waals surface area contributed by atoms with E-state index in [1.165, 1.54) is 19.1 Å². The number of esters is 2. The van der Waals surface area contributed by atoms with Gasteiger partial charge in [-0.05, 0) is 62.8 Å². The number of nitrogens with one attached hydrogen (secondary N) is 1. The van der Waals surface area contributed by atoms with E-state index in [0.717, 1.165) is 19.3 Å². The van der Waals surface area contributed by atoms with Crippen LogP contribution in [0.4, 0.5) is 4.79 Å². The lowest BCUT2D eigenvalue weighted by Gasteiger charge is -2.66. The van der Waals surface area contributed by atoms with Gasteiger partial charge in [-0.3, -0.25) is 4.79 Å². The second-order valence-corrected chi connectivity index (χ2v) is 16.7. The molecule has 0 spiro atoms. The molecule has 1 unspecified atom stereocenters. The average Bonchev–Trinajstić information content (AvgIpc) is 3.16. The Hall–Kier alpha value is -3.66. The van der Waals surface area contributed by atoms with Gasteiger partial charge in [0, 0.05) is 24.2 Å². The number of hydrogen-bond acceptors (Lipinski definition) is 13. The summed E-state index contributed by atoms with van der Waals surface area (Å²) >= 11 is 0. The SMILES string of the molecule is C/C=C/COC(=O)N[C@@H](C1CCCCC1)[C@@H](O)C(=O)OC1C[C@@]2(O)[C@@H](OC(=O)c3ccccc3)[C@@H]3[C@]4(O)CO[C@@H]4C[C@H](O)[C@@]3(C)C(=O)[C@H](O)C(=C1C)C2(C)C. The fraction of sp³-hybridized carbons (Fsp3) is 0.659. The molecule has 1 aromatic carbocycles. The molecule has 1 amide bonds. The van der Waals surface area contributed by atoms with Crippen LogP contribution in [0.2, 0.25) is 0 Å². The van der Waals surface area contributed by atoms with Crippen molar-refractivity contribution in [3.05, 3.63) is 59.2 Å². The summed E-state index contributed by atoms with van der Waals surface area (Å²) in [4.78, 5) is 55.4. The minimum absolute atomic E-state index is 0.0142. The lowest BCUT2D eigenvalue weighted by molar-refractivity contribution is -0.343. The van der Waals surface area contributed by atoms with E-state index in [0.29, 0.717) is 12.8 Å². The Labute approximate surface area is 320 Å². The Kier molecular flexibility index (Phi) is 11.4. The summed E-state index contributed by atoms with van der Waals surface area (Å²) in [6, 6.07) is 6.87. The molecule has 5 aliphatic rings. The predicted molar refractivity (Wildman–Crippen MR) is 195 cm³/mol. The van der Waals surface area contributed by atoms with Gasteiger partial charge in [0.25, 0.3) is 0 Å². The Morgan fingerprint density at radius 3 is 2.33 bits per heavy atom. The van der Waals surface area contributed by atoms with E-state index in [9.17, 15) is 44.7 Å². The third-order valence-corrected chi connectivity index (χ3v) is 13.4. The molecule has 1 saturated heterocycles. The van der Waals surface area contributed by atoms with Crippen molar-refractivity contribution in [1.29, 1.82) is 0 Å². The number of aliphatic hydroxyl groups excluding tert-OH is 3. The van der Waals surface area contributed by atoms with Crippen LogP contribution in [0.15, 0.2) is 53.6 Å². The zero-order valence-corrected chi connectivity index (χ0v) is 32.1. The summed E-state index contributed by atoms with van der Waals surface area (Å²) in [7, 11) is 0. The lowest BCUT2D eigenvalue weighted by atomic mass is 9.44. The van der Waals surface area contributed by atoms with Gasteiger partial charge in [-0.2, -0.15) is 0 Å². The summed E-state index contributed by atoms with van der Waals surface area (Å²) in [6.45, 7) is 7.53. The van der Waals surface area contributed by atoms with Crippen molar-refractivity contribution in [2.45, 2.75) is 133 Å². The molecule has 2 bridgehead atoms. The standard InChI is InChI=1S/C41H55NO13/c1-6-7-18-52-37(49)42-29(23-14-10-8-11-15-23)31(45)36(48)54-25-20-41(51)34(55-35(47)24-16-12-9-13-17-24)32-39(5,26(43)19-27-40(32,50)21-53-27)33(46)30(44)28(22(25)2)38(41,3)4/h6-7,9,12-13,16-17,23,25-27,29-32,34,43-45,50-51H,8,10-11,14-15,18-21H2,1-5H3,(H,42,49)/b7-6+/t25?,26-,27+,29-,30+,31+,32-,34-,39+,40-,41+/m0/s1. The van der Waals surface area contributed by atoms with Crippen molar-refractivity contribution >= 4 is 23.8 Å². The van der Waals surface area contributed by atoms with Crippen LogP contribution in [-0.2, 0) is 28.5 Å². The first-order valence-electron chi connectivity index (χ1n) is 19.3. The molecule has 3 saturated carbocycles. The van der Waals surface area contributed by atoms with Gasteiger partial charge in [0.15, 0.2) is 11.9 Å². The lowest BCUT2D eigenvalue weighted by Crippen LogP contribution is -2.81. The van der Waals surface area contributed by atoms with Crippen molar-refractivity contribution in [3.63, 3.8) is 0 Å². The van der Waals surface area contributed by atoms with Gasteiger partial charge in [-0.1, -0.05) is 63.5 Å². The number of rotatable bonds is 9. The molecule has 55 heavy (non-hydrogen) atoms. The maximum Gasteiger partial charge on any atom is 0.407 e. The second-order valence-electron chi connectivity index (χ2n) is 16.7. The topological polar surface area (TPSA) is 218 Å². The Balaban J connectivity index is 1.42. The summed E-state index contributed by atoms with van der Waals surface area (Å²) in [6.07, 6.45) is -3.61. The number of carbonyl (C=O) groups is 4. The molecular weight excluding hydrogens is 714 g/mol. The van der Waals surface area contributed by atoms with Gasteiger partial charge in [-0.25, -0.2) is 14.4 Å².